The first kappa shape index (κ1) is 11.5. The molecule has 94 valence electrons. The van der Waals surface area contributed by atoms with Crippen LogP contribution in [0.3, 0.4) is 0 Å². The fraction of sp³-hybridized carbons (Fsp3) is 0.333. The Hall–Kier alpha value is -1.59. The molecule has 0 aliphatic carbocycles. The molecule has 2 heterocycles. The average molecular weight is 266 g/mol. The molecule has 2 aliphatic rings. The lowest BCUT2D eigenvalue weighted by Crippen LogP contribution is -2.34. The van der Waals surface area contributed by atoms with Crippen molar-refractivity contribution >= 4 is 34.6 Å². The summed E-state index contributed by atoms with van der Waals surface area (Å²) in [6.07, 6.45) is 0.695. The van der Waals surface area contributed by atoms with E-state index in [1.165, 1.54) is 5.01 Å². The maximum absolute atomic E-state index is 12.2. The average Bonchev–Trinajstić information content (AvgIpc) is 2.68. The number of nitrogens with zero attached hydrogens (tertiary/aromatic N) is 2. The van der Waals surface area contributed by atoms with Crippen LogP contribution in [-0.2, 0) is 9.53 Å². The third kappa shape index (κ3) is 1.76. The molecule has 0 aromatic heterocycles. The van der Waals surface area contributed by atoms with E-state index < -0.39 is 0 Å². The summed E-state index contributed by atoms with van der Waals surface area (Å²) in [5, 5.41) is 6.25. The summed E-state index contributed by atoms with van der Waals surface area (Å²) in [6.45, 7) is 1.02. The van der Waals surface area contributed by atoms with Gasteiger partial charge in [-0.05, 0) is 18.2 Å². The third-order valence-corrected chi connectivity index (χ3v) is 3.38. The number of rotatable bonds is 1. The van der Waals surface area contributed by atoms with Gasteiger partial charge in [0.2, 0.25) is 0 Å². The standard InChI is InChI=1S/C12H12ClN3O2/c13-7-1-2-11(9(14)5-7)16-12(17)8-6-18-4-3-10(8)15-16/h1-2,5,8H,3-4,6,14H2. The number of hydrazone groups is 1. The van der Waals surface area contributed by atoms with E-state index in [-0.39, 0.29) is 11.8 Å². The molecule has 1 aromatic carbocycles. The van der Waals surface area contributed by atoms with E-state index in [2.05, 4.69) is 5.10 Å². The number of nitrogens with two attached hydrogens (primary N) is 1. The number of carbonyl (C=O) groups excluding carboxylic acids is 1. The zero-order valence-electron chi connectivity index (χ0n) is 9.60. The largest absolute Gasteiger partial charge is 0.397 e. The van der Waals surface area contributed by atoms with Gasteiger partial charge in [-0.3, -0.25) is 4.79 Å². The third-order valence-electron chi connectivity index (χ3n) is 3.14. The monoisotopic (exact) mass is 265 g/mol. The Morgan fingerprint density at radius 2 is 2.33 bits per heavy atom. The van der Waals surface area contributed by atoms with Crippen molar-refractivity contribution in [2.24, 2.45) is 11.0 Å². The fourth-order valence-corrected chi connectivity index (χ4v) is 2.38. The SMILES string of the molecule is Nc1cc(Cl)ccc1N1N=C2CCOCC2C1=O. The molecule has 0 spiro atoms. The molecule has 1 fully saturated rings. The van der Waals surface area contributed by atoms with Gasteiger partial charge >= 0.3 is 0 Å². The Labute approximate surface area is 109 Å². The second-order valence-corrected chi connectivity index (χ2v) is 4.76. The van der Waals surface area contributed by atoms with E-state index >= 15 is 0 Å². The molecule has 1 aromatic rings. The minimum atomic E-state index is -0.256. The summed E-state index contributed by atoms with van der Waals surface area (Å²) in [5.74, 6) is -0.340. The normalized spacial score (nSPS) is 22.9. The topological polar surface area (TPSA) is 67.9 Å². The first-order valence-electron chi connectivity index (χ1n) is 5.71. The van der Waals surface area contributed by atoms with Crippen LogP contribution >= 0.6 is 11.6 Å². The number of nitrogen functional groups attached to an aromatic ring is 1. The molecule has 1 amide bonds. The highest BCUT2D eigenvalue weighted by atomic mass is 35.5. The summed E-state index contributed by atoms with van der Waals surface area (Å²) in [5.41, 5.74) is 7.77. The first-order valence-corrected chi connectivity index (χ1v) is 6.09. The Morgan fingerprint density at radius 1 is 1.50 bits per heavy atom. The van der Waals surface area contributed by atoms with E-state index in [1.54, 1.807) is 18.2 Å². The fourth-order valence-electron chi connectivity index (χ4n) is 2.20. The molecule has 18 heavy (non-hydrogen) atoms. The van der Waals surface area contributed by atoms with Gasteiger partial charge in [-0.2, -0.15) is 10.1 Å². The molecule has 1 saturated heterocycles. The predicted molar refractivity (Wildman–Crippen MR) is 69.7 cm³/mol. The minimum Gasteiger partial charge on any atom is -0.397 e. The molecule has 2 N–H and O–H groups in total. The lowest BCUT2D eigenvalue weighted by atomic mass is 10.00. The highest BCUT2D eigenvalue weighted by Crippen LogP contribution is 2.32. The minimum absolute atomic E-state index is 0.0845. The lowest BCUT2D eigenvalue weighted by molar-refractivity contribution is -0.121. The van der Waals surface area contributed by atoms with Gasteiger partial charge in [-0.25, -0.2) is 0 Å². The number of fused-ring (bicyclic) bond motifs is 1. The molecule has 0 radical (unpaired) electrons. The van der Waals surface area contributed by atoms with Gasteiger partial charge in [0.1, 0.15) is 5.92 Å². The Bertz CT molecular complexity index is 544. The number of halogens is 1. The number of amides is 1. The number of hydrogen-bond donors (Lipinski definition) is 1. The zero-order chi connectivity index (χ0) is 12.7. The van der Waals surface area contributed by atoms with Crippen LogP contribution in [0.25, 0.3) is 0 Å². The summed E-state index contributed by atoms with van der Waals surface area (Å²) < 4.78 is 5.31. The van der Waals surface area contributed by atoms with Crippen LogP contribution in [0.15, 0.2) is 23.3 Å². The van der Waals surface area contributed by atoms with E-state index in [4.69, 9.17) is 22.1 Å². The smallest absolute Gasteiger partial charge is 0.258 e. The second-order valence-electron chi connectivity index (χ2n) is 4.32. The van der Waals surface area contributed by atoms with E-state index in [0.717, 1.165) is 5.71 Å². The molecule has 3 rings (SSSR count). The molecule has 0 saturated carbocycles. The number of anilines is 2. The van der Waals surface area contributed by atoms with Crippen molar-refractivity contribution < 1.29 is 9.53 Å². The van der Waals surface area contributed by atoms with Gasteiger partial charge in [0.25, 0.3) is 5.91 Å². The number of benzene rings is 1. The van der Waals surface area contributed by atoms with Crippen LogP contribution in [0.4, 0.5) is 11.4 Å². The molecular formula is C12H12ClN3O2. The van der Waals surface area contributed by atoms with Crippen molar-refractivity contribution in [3.8, 4) is 0 Å². The van der Waals surface area contributed by atoms with Crippen LogP contribution in [0.1, 0.15) is 6.42 Å². The molecule has 5 nitrogen and oxygen atoms in total. The number of carbonyl (C=O) groups is 1. The van der Waals surface area contributed by atoms with Crippen molar-refractivity contribution in [3.05, 3.63) is 23.2 Å². The Morgan fingerprint density at radius 3 is 3.06 bits per heavy atom. The molecule has 1 unspecified atom stereocenters. The van der Waals surface area contributed by atoms with Gasteiger partial charge in [0, 0.05) is 11.4 Å². The number of ether oxygens (including phenoxy) is 1. The zero-order valence-corrected chi connectivity index (χ0v) is 10.4. The second kappa shape index (κ2) is 4.26. The highest BCUT2D eigenvalue weighted by Gasteiger charge is 2.38. The summed E-state index contributed by atoms with van der Waals surface area (Å²) in [4.78, 5) is 12.2. The lowest BCUT2D eigenvalue weighted by Gasteiger charge is -2.18. The van der Waals surface area contributed by atoms with Crippen LogP contribution < -0.4 is 10.7 Å². The Balaban J connectivity index is 1.97. The summed E-state index contributed by atoms with van der Waals surface area (Å²) >= 11 is 5.84. The van der Waals surface area contributed by atoms with Gasteiger partial charge in [0.15, 0.2) is 0 Å². The van der Waals surface area contributed by atoms with E-state index in [0.29, 0.717) is 36.0 Å². The predicted octanol–water partition coefficient (Wildman–Crippen LogP) is 1.66. The van der Waals surface area contributed by atoms with Gasteiger partial charge in [-0.15, -0.1) is 0 Å². The van der Waals surface area contributed by atoms with Gasteiger partial charge < -0.3 is 10.5 Å². The Kier molecular flexibility index (Phi) is 2.72. The van der Waals surface area contributed by atoms with Crippen LogP contribution in [-0.4, -0.2) is 24.8 Å². The van der Waals surface area contributed by atoms with Crippen molar-refractivity contribution in [1.29, 1.82) is 0 Å². The van der Waals surface area contributed by atoms with Gasteiger partial charge in [0.05, 0.1) is 30.3 Å². The summed E-state index contributed by atoms with van der Waals surface area (Å²) in [7, 11) is 0. The van der Waals surface area contributed by atoms with Crippen molar-refractivity contribution in [2.75, 3.05) is 24.0 Å². The first-order chi connectivity index (χ1) is 8.66. The van der Waals surface area contributed by atoms with Crippen LogP contribution in [0.2, 0.25) is 5.02 Å². The quantitative estimate of drug-likeness (QED) is 0.785. The molecule has 0 bridgehead atoms. The molecule has 2 aliphatic heterocycles. The van der Waals surface area contributed by atoms with Gasteiger partial charge in [-0.1, -0.05) is 11.6 Å². The van der Waals surface area contributed by atoms with Crippen molar-refractivity contribution in [1.82, 2.24) is 0 Å². The van der Waals surface area contributed by atoms with E-state index in [1.807, 2.05) is 0 Å². The molecule has 1 atom stereocenters. The maximum Gasteiger partial charge on any atom is 0.258 e. The highest BCUT2D eigenvalue weighted by molar-refractivity contribution is 6.31. The summed E-state index contributed by atoms with van der Waals surface area (Å²) in [6, 6.07) is 5.01. The van der Waals surface area contributed by atoms with Crippen molar-refractivity contribution in [2.45, 2.75) is 6.42 Å². The molecular weight excluding hydrogens is 254 g/mol. The van der Waals surface area contributed by atoms with E-state index in [9.17, 15) is 4.79 Å². The van der Waals surface area contributed by atoms with Crippen LogP contribution in [0, 0.1) is 5.92 Å². The van der Waals surface area contributed by atoms with Crippen LogP contribution in [0.5, 0.6) is 0 Å². The van der Waals surface area contributed by atoms with Crippen molar-refractivity contribution in [3.63, 3.8) is 0 Å². The number of hydrogen-bond acceptors (Lipinski definition) is 4. The molecule has 6 heteroatoms. The maximum atomic E-state index is 12.2.